The average molecular weight is 627 g/mol. The van der Waals surface area contributed by atoms with Crippen molar-refractivity contribution in [2.75, 3.05) is 0 Å². The number of benzene rings is 4. The lowest BCUT2D eigenvalue weighted by Crippen LogP contribution is -2.10. The van der Waals surface area contributed by atoms with Crippen molar-refractivity contribution in [2.24, 2.45) is 0 Å². The number of rotatable bonds is 2. The Balaban J connectivity index is 1.82. The third kappa shape index (κ3) is 5.04. The Kier molecular flexibility index (Phi) is 7.22. The van der Waals surface area contributed by atoms with E-state index in [1.165, 1.54) is 31.2 Å². The standard InChI is InChI=1S/C32H11F10N3/c1-13(10-43)28-22-8-18(14-4-24(31(37,38)39)29(35)26(33)6-14)16(11-44)2-20(22)21-3-17(12-45)19(9-23(21)28)15-5-25(32(40,41)42)30(36)27(34)7-15/h2-9H,1H3. The van der Waals surface area contributed by atoms with Gasteiger partial charge in [0.25, 0.3) is 0 Å². The first-order valence-corrected chi connectivity index (χ1v) is 12.4. The van der Waals surface area contributed by atoms with Crippen LogP contribution >= 0.6 is 0 Å². The van der Waals surface area contributed by atoms with Crippen molar-refractivity contribution in [3.8, 4) is 51.6 Å². The second-order valence-electron chi connectivity index (χ2n) is 9.86. The zero-order chi connectivity index (χ0) is 33.2. The van der Waals surface area contributed by atoms with Gasteiger partial charge in [0, 0.05) is 22.3 Å². The highest BCUT2D eigenvalue weighted by molar-refractivity contribution is 6.06. The summed E-state index contributed by atoms with van der Waals surface area (Å²) >= 11 is 0. The van der Waals surface area contributed by atoms with E-state index in [2.05, 4.69) is 0 Å². The zero-order valence-corrected chi connectivity index (χ0v) is 22.2. The van der Waals surface area contributed by atoms with Crippen LogP contribution in [0, 0.1) is 57.3 Å². The van der Waals surface area contributed by atoms with Gasteiger partial charge in [-0.25, -0.2) is 17.6 Å². The molecule has 4 aromatic rings. The molecule has 0 bridgehead atoms. The summed E-state index contributed by atoms with van der Waals surface area (Å²) < 4.78 is 137. The number of nitriles is 3. The third-order valence-electron chi connectivity index (χ3n) is 7.22. The van der Waals surface area contributed by atoms with E-state index in [0.29, 0.717) is 24.3 Å². The maximum Gasteiger partial charge on any atom is 0.419 e. The summed E-state index contributed by atoms with van der Waals surface area (Å²) in [6, 6.07) is 11.7. The molecule has 0 N–H and O–H groups in total. The van der Waals surface area contributed by atoms with E-state index in [9.17, 15) is 59.7 Å². The number of halogens is 10. The number of fused-ring (bicyclic) bond motifs is 3. The van der Waals surface area contributed by atoms with Crippen LogP contribution in [-0.2, 0) is 12.4 Å². The number of nitrogens with zero attached hydrogens (tertiary/aromatic N) is 3. The van der Waals surface area contributed by atoms with Crippen LogP contribution in [0.25, 0.3) is 39.0 Å². The Hall–Kier alpha value is -5.61. The van der Waals surface area contributed by atoms with Crippen LogP contribution in [0.4, 0.5) is 43.9 Å². The smallest absolute Gasteiger partial charge is 0.204 e. The molecule has 13 heteroatoms. The molecule has 0 aliphatic heterocycles. The Bertz CT molecular complexity index is 1980. The SMILES string of the molecule is CC(C#N)=C1c2cc(-c3cc(F)c(F)c(C(F)(F)F)c3)c(C#N)cc2-c2cc(C#N)c(-c3cc(F)c(F)c(C(F)(F)F)c3)cc21. The van der Waals surface area contributed by atoms with Crippen LogP contribution in [0.15, 0.2) is 54.1 Å². The fourth-order valence-electron chi connectivity index (χ4n) is 5.23. The molecule has 0 fully saturated rings. The quantitative estimate of drug-likeness (QED) is 0.145. The topological polar surface area (TPSA) is 71.4 Å². The minimum atomic E-state index is -5.29. The van der Waals surface area contributed by atoms with Gasteiger partial charge >= 0.3 is 12.4 Å². The molecule has 0 unspecified atom stereocenters. The van der Waals surface area contributed by atoms with Crippen LogP contribution in [0.2, 0.25) is 0 Å². The molecular formula is C32H11F10N3. The van der Waals surface area contributed by atoms with E-state index in [0.717, 1.165) is 0 Å². The highest BCUT2D eigenvalue weighted by atomic mass is 19.4. The summed E-state index contributed by atoms with van der Waals surface area (Å²) in [4.78, 5) is 0. The zero-order valence-electron chi connectivity index (χ0n) is 22.2. The summed E-state index contributed by atoms with van der Waals surface area (Å²) in [6.45, 7) is 1.34. The van der Waals surface area contributed by atoms with Crippen LogP contribution in [0.1, 0.15) is 40.3 Å². The average Bonchev–Trinajstić information content (AvgIpc) is 3.28. The molecule has 4 aromatic carbocycles. The number of allylic oxidation sites excluding steroid dienone is 1. The highest BCUT2D eigenvalue weighted by Gasteiger charge is 2.38. The monoisotopic (exact) mass is 627 g/mol. The molecule has 5 rings (SSSR count). The molecular weight excluding hydrogens is 616 g/mol. The molecule has 45 heavy (non-hydrogen) atoms. The molecule has 0 amide bonds. The van der Waals surface area contributed by atoms with E-state index in [1.807, 2.05) is 6.07 Å². The van der Waals surface area contributed by atoms with Crippen LogP contribution in [0.5, 0.6) is 0 Å². The third-order valence-corrected chi connectivity index (χ3v) is 7.22. The summed E-state index contributed by atoms with van der Waals surface area (Å²) in [5.74, 6) is -7.99. The molecule has 0 saturated carbocycles. The summed E-state index contributed by atoms with van der Waals surface area (Å²) in [5, 5.41) is 29.5. The van der Waals surface area contributed by atoms with Gasteiger partial charge in [-0.3, -0.25) is 0 Å². The Morgan fingerprint density at radius 1 is 0.533 bits per heavy atom. The second kappa shape index (κ2) is 10.5. The van der Waals surface area contributed by atoms with Gasteiger partial charge in [0.05, 0.1) is 40.5 Å². The first-order chi connectivity index (χ1) is 21.0. The number of alkyl halides is 6. The van der Waals surface area contributed by atoms with Gasteiger partial charge in [-0.1, -0.05) is 0 Å². The van der Waals surface area contributed by atoms with E-state index < -0.39 is 57.9 Å². The Morgan fingerprint density at radius 3 is 1.22 bits per heavy atom. The van der Waals surface area contributed by atoms with Crippen molar-refractivity contribution in [1.82, 2.24) is 0 Å². The molecule has 1 aliphatic carbocycles. The Labute approximate surface area is 247 Å². The van der Waals surface area contributed by atoms with Gasteiger partial charge in [-0.05, 0) is 88.8 Å². The van der Waals surface area contributed by atoms with Crippen molar-refractivity contribution in [3.63, 3.8) is 0 Å². The summed E-state index contributed by atoms with van der Waals surface area (Å²) in [5.41, 5.74) is -5.41. The fourth-order valence-corrected chi connectivity index (χ4v) is 5.23. The van der Waals surface area contributed by atoms with Crippen LogP contribution in [0.3, 0.4) is 0 Å². The largest absolute Gasteiger partial charge is 0.419 e. The van der Waals surface area contributed by atoms with Gasteiger partial charge in [0.2, 0.25) is 0 Å². The normalized spacial score (nSPS) is 12.2. The lowest BCUT2D eigenvalue weighted by atomic mass is 9.91. The van der Waals surface area contributed by atoms with Gasteiger partial charge in [0.15, 0.2) is 23.3 Å². The fraction of sp³-hybridized carbons (Fsp3) is 0.0938. The molecule has 1 aliphatic rings. The molecule has 3 nitrogen and oxygen atoms in total. The molecule has 0 aromatic heterocycles. The maximum absolute atomic E-state index is 14.3. The van der Waals surface area contributed by atoms with Gasteiger partial charge in [-0.15, -0.1) is 0 Å². The molecule has 0 heterocycles. The van der Waals surface area contributed by atoms with Crippen molar-refractivity contribution >= 4 is 5.57 Å². The lowest BCUT2D eigenvalue weighted by molar-refractivity contribution is -0.141. The van der Waals surface area contributed by atoms with Crippen molar-refractivity contribution < 1.29 is 43.9 Å². The summed E-state index contributed by atoms with van der Waals surface area (Å²) in [7, 11) is 0. The summed E-state index contributed by atoms with van der Waals surface area (Å²) in [6.07, 6.45) is -10.6. The van der Waals surface area contributed by atoms with Crippen LogP contribution < -0.4 is 0 Å². The minimum absolute atomic E-state index is 0.0242. The molecule has 0 saturated heterocycles. The predicted octanol–water partition coefficient (Wildman–Crippen LogP) is 9.68. The van der Waals surface area contributed by atoms with E-state index in [4.69, 9.17) is 0 Å². The predicted molar refractivity (Wildman–Crippen MR) is 139 cm³/mol. The first-order valence-electron chi connectivity index (χ1n) is 12.4. The minimum Gasteiger partial charge on any atom is -0.204 e. The van der Waals surface area contributed by atoms with E-state index in [-0.39, 0.29) is 55.7 Å². The Morgan fingerprint density at radius 2 is 0.911 bits per heavy atom. The molecule has 0 atom stereocenters. The highest BCUT2D eigenvalue weighted by Crippen LogP contribution is 2.50. The van der Waals surface area contributed by atoms with Crippen molar-refractivity contribution in [3.05, 3.63) is 111 Å². The molecule has 0 spiro atoms. The molecule has 0 radical (unpaired) electrons. The number of hydrogen-bond donors (Lipinski definition) is 0. The maximum atomic E-state index is 14.3. The van der Waals surface area contributed by atoms with Gasteiger partial charge in [0.1, 0.15) is 0 Å². The lowest BCUT2D eigenvalue weighted by Gasteiger charge is -2.14. The molecule has 224 valence electrons. The van der Waals surface area contributed by atoms with Crippen molar-refractivity contribution in [2.45, 2.75) is 19.3 Å². The number of hydrogen-bond acceptors (Lipinski definition) is 3. The second-order valence-corrected chi connectivity index (χ2v) is 9.86. The van der Waals surface area contributed by atoms with Gasteiger partial charge < -0.3 is 0 Å². The van der Waals surface area contributed by atoms with Crippen molar-refractivity contribution in [1.29, 1.82) is 15.8 Å². The first kappa shape index (κ1) is 30.8. The van der Waals surface area contributed by atoms with E-state index in [1.54, 1.807) is 12.1 Å². The van der Waals surface area contributed by atoms with Crippen LogP contribution in [-0.4, -0.2) is 0 Å². The van der Waals surface area contributed by atoms with Gasteiger partial charge in [-0.2, -0.15) is 42.1 Å². The van der Waals surface area contributed by atoms with E-state index >= 15 is 0 Å².